The number of anilines is 2. The molecule has 3 aliphatic rings. The molecule has 2 fully saturated rings. The summed E-state index contributed by atoms with van der Waals surface area (Å²) >= 11 is 0. The lowest BCUT2D eigenvalue weighted by Crippen LogP contribution is -2.51. The van der Waals surface area contributed by atoms with E-state index in [0.29, 0.717) is 30.7 Å². The molecule has 4 heterocycles. The molecule has 1 unspecified atom stereocenters. The molecule has 0 saturated carbocycles. The summed E-state index contributed by atoms with van der Waals surface area (Å²) < 4.78 is 0. The van der Waals surface area contributed by atoms with Crippen molar-refractivity contribution in [1.29, 1.82) is 5.26 Å². The zero-order valence-electron chi connectivity index (χ0n) is 18.7. The lowest BCUT2D eigenvalue weighted by atomic mass is 9.99. The zero-order valence-corrected chi connectivity index (χ0v) is 18.7. The number of piperazine rings is 1. The van der Waals surface area contributed by atoms with Crippen molar-refractivity contribution >= 4 is 22.3 Å². The molecular formula is C26H28N6O. The summed E-state index contributed by atoms with van der Waals surface area (Å²) in [6.45, 7) is 6.36. The number of aliphatic hydroxyl groups is 1. The van der Waals surface area contributed by atoms with Crippen LogP contribution < -0.4 is 15.5 Å². The minimum atomic E-state index is -0.463. The number of pyridine rings is 1. The molecular weight excluding hydrogens is 412 g/mol. The van der Waals surface area contributed by atoms with E-state index in [-0.39, 0.29) is 6.04 Å². The van der Waals surface area contributed by atoms with Crippen molar-refractivity contribution in [2.75, 3.05) is 36.0 Å². The van der Waals surface area contributed by atoms with E-state index >= 15 is 0 Å². The van der Waals surface area contributed by atoms with Crippen LogP contribution in [0.15, 0.2) is 48.7 Å². The Bertz CT molecular complexity index is 1260. The molecule has 0 spiro atoms. The number of aromatic nitrogens is 1. The number of rotatable bonds is 2. The molecule has 1 aromatic heterocycles. The zero-order chi connectivity index (χ0) is 22.7. The molecule has 0 bridgehead atoms. The van der Waals surface area contributed by atoms with Crippen LogP contribution in [0.1, 0.15) is 29.7 Å². The van der Waals surface area contributed by atoms with Gasteiger partial charge in [0.25, 0.3) is 0 Å². The second-order valence-electron chi connectivity index (χ2n) is 9.61. The van der Waals surface area contributed by atoms with Gasteiger partial charge in [0.1, 0.15) is 6.07 Å². The van der Waals surface area contributed by atoms with Gasteiger partial charge in [0.2, 0.25) is 0 Å². The minimum absolute atomic E-state index is 0.185. The number of nitriles is 1. The third-order valence-corrected chi connectivity index (χ3v) is 7.59. The summed E-state index contributed by atoms with van der Waals surface area (Å²) in [4.78, 5) is 11.7. The summed E-state index contributed by atoms with van der Waals surface area (Å²) in [6, 6.07) is 17.5. The van der Waals surface area contributed by atoms with Crippen LogP contribution >= 0.6 is 0 Å². The Hall–Kier alpha value is -3.18. The molecule has 0 aliphatic carbocycles. The van der Waals surface area contributed by atoms with Crippen LogP contribution in [0.25, 0.3) is 10.9 Å². The van der Waals surface area contributed by atoms with Gasteiger partial charge in [-0.1, -0.05) is 6.07 Å². The Balaban J connectivity index is 1.32. The quantitative estimate of drug-likeness (QED) is 0.632. The standard InChI is InChI=1S/C26H28N6O/c1-16-11-31(23-7-4-17(10-27)26-21(23)3-2-8-29-26)14-24-20-6-5-19(9-18(20)12-32(16)24)30-13-22(28)25(33)15-30/h2-9,16,22,24-25,33H,11-15,28H2,1H3/t16-,22+,24-,25?/m1/s1. The molecule has 2 aromatic carbocycles. The Morgan fingerprint density at radius 1 is 1.09 bits per heavy atom. The summed E-state index contributed by atoms with van der Waals surface area (Å²) in [7, 11) is 0. The van der Waals surface area contributed by atoms with E-state index in [9.17, 15) is 10.4 Å². The van der Waals surface area contributed by atoms with Crippen LogP contribution in [-0.4, -0.2) is 59.4 Å². The van der Waals surface area contributed by atoms with Crippen LogP contribution in [0.5, 0.6) is 0 Å². The van der Waals surface area contributed by atoms with E-state index in [1.807, 2.05) is 12.1 Å². The maximum Gasteiger partial charge on any atom is 0.101 e. The van der Waals surface area contributed by atoms with Crippen LogP contribution in [0.2, 0.25) is 0 Å². The number of nitrogens with two attached hydrogens (primary N) is 1. The number of aliphatic hydroxyl groups excluding tert-OH is 1. The van der Waals surface area contributed by atoms with E-state index in [0.717, 1.165) is 41.9 Å². The Kier molecular flexibility index (Phi) is 4.77. The van der Waals surface area contributed by atoms with Gasteiger partial charge in [-0.2, -0.15) is 5.26 Å². The second-order valence-corrected chi connectivity index (χ2v) is 9.61. The summed E-state index contributed by atoms with van der Waals surface area (Å²) in [6.07, 6.45) is 1.29. The number of hydrogen-bond acceptors (Lipinski definition) is 7. The maximum atomic E-state index is 10.1. The van der Waals surface area contributed by atoms with Crippen molar-refractivity contribution in [3.8, 4) is 6.07 Å². The number of benzene rings is 2. The van der Waals surface area contributed by atoms with Crippen molar-refractivity contribution < 1.29 is 5.11 Å². The Labute approximate surface area is 193 Å². The molecule has 6 rings (SSSR count). The highest BCUT2D eigenvalue weighted by Gasteiger charge is 2.39. The monoisotopic (exact) mass is 440 g/mol. The summed E-state index contributed by atoms with van der Waals surface area (Å²) in [5, 5.41) is 20.6. The number of fused-ring (bicyclic) bond motifs is 4. The molecule has 0 radical (unpaired) electrons. The predicted octanol–water partition coefficient (Wildman–Crippen LogP) is 2.38. The lowest BCUT2D eigenvalue weighted by Gasteiger charge is -2.43. The van der Waals surface area contributed by atoms with Gasteiger partial charge >= 0.3 is 0 Å². The van der Waals surface area contributed by atoms with E-state index < -0.39 is 6.10 Å². The summed E-state index contributed by atoms with van der Waals surface area (Å²) in [5.74, 6) is 0. The fourth-order valence-corrected chi connectivity index (χ4v) is 5.85. The van der Waals surface area contributed by atoms with Crippen LogP contribution in [0.4, 0.5) is 11.4 Å². The van der Waals surface area contributed by atoms with Gasteiger partial charge in [-0.3, -0.25) is 9.88 Å². The molecule has 3 aliphatic heterocycles. The molecule has 7 heteroatoms. The van der Waals surface area contributed by atoms with Crippen molar-refractivity contribution in [3.05, 3.63) is 65.4 Å². The maximum absolute atomic E-state index is 10.1. The molecule has 168 valence electrons. The van der Waals surface area contributed by atoms with Gasteiger partial charge in [0, 0.05) is 67.8 Å². The van der Waals surface area contributed by atoms with Crippen molar-refractivity contribution in [1.82, 2.24) is 9.88 Å². The highest BCUT2D eigenvalue weighted by molar-refractivity contribution is 5.95. The highest BCUT2D eigenvalue weighted by atomic mass is 16.3. The van der Waals surface area contributed by atoms with Crippen molar-refractivity contribution in [3.63, 3.8) is 0 Å². The van der Waals surface area contributed by atoms with Gasteiger partial charge in [0.05, 0.1) is 23.2 Å². The van der Waals surface area contributed by atoms with Gasteiger partial charge in [0.15, 0.2) is 0 Å². The molecule has 4 atom stereocenters. The second kappa shape index (κ2) is 7.70. The Morgan fingerprint density at radius 3 is 2.76 bits per heavy atom. The van der Waals surface area contributed by atoms with Gasteiger partial charge in [-0.25, -0.2) is 0 Å². The van der Waals surface area contributed by atoms with E-state index in [2.05, 4.69) is 63.0 Å². The number of nitrogens with zero attached hydrogens (tertiary/aromatic N) is 5. The SMILES string of the molecule is C[C@@H]1CN(c2ccc(C#N)c3ncccc23)C[C@@H]2c3ccc(N4CC(O)[C@@H](N)C4)cc3CN12. The van der Waals surface area contributed by atoms with Crippen LogP contribution in [-0.2, 0) is 6.54 Å². The molecule has 33 heavy (non-hydrogen) atoms. The lowest BCUT2D eigenvalue weighted by molar-refractivity contribution is 0.134. The van der Waals surface area contributed by atoms with Crippen molar-refractivity contribution in [2.24, 2.45) is 5.73 Å². The molecule has 0 amide bonds. The molecule has 2 saturated heterocycles. The first-order valence-electron chi connectivity index (χ1n) is 11.6. The average molecular weight is 441 g/mol. The smallest absolute Gasteiger partial charge is 0.101 e. The van der Waals surface area contributed by atoms with Crippen molar-refractivity contribution in [2.45, 2.75) is 37.7 Å². The third-order valence-electron chi connectivity index (χ3n) is 7.59. The first-order chi connectivity index (χ1) is 16.0. The molecule has 7 nitrogen and oxygen atoms in total. The van der Waals surface area contributed by atoms with E-state index in [1.54, 1.807) is 6.20 Å². The van der Waals surface area contributed by atoms with Crippen LogP contribution in [0, 0.1) is 11.3 Å². The third kappa shape index (κ3) is 3.25. The fraction of sp³-hybridized carbons (Fsp3) is 0.385. The van der Waals surface area contributed by atoms with Gasteiger partial charge in [-0.05, 0) is 54.4 Å². The largest absolute Gasteiger partial charge is 0.390 e. The topological polar surface area (TPSA) is 92.6 Å². The molecule has 3 aromatic rings. The summed E-state index contributed by atoms with van der Waals surface area (Å²) in [5.41, 5.74) is 12.5. The first-order valence-corrected chi connectivity index (χ1v) is 11.6. The van der Waals surface area contributed by atoms with E-state index in [4.69, 9.17) is 5.73 Å². The van der Waals surface area contributed by atoms with Gasteiger partial charge < -0.3 is 20.6 Å². The number of β-amino-alcohol motifs (C(OH)–C–C–N with tert-alkyl or cyclic N) is 1. The predicted molar refractivity (Wildman–Crippen MR) is 129 cm³/mol. The number of hydrogen-bond donors (Lipinski definition) is 2. The minimum Gasteiger partial charge on any atom is -0.390 e. The van der Waals surface area contributed by atoms with E-state index in [1.165, 1.54) is 11.1 Å². The fourth-order valence-electron chi connectivity index (χ4n) is 5.85. The van der Waals surface area contributed by atoms with Crippen LogP contribution in [0.3, 0.4) is 0 Å². The van der Waals surface area contributed by atoms with Gasteiger partial charge in [-0.15, -0.1) is 0 Å². The molecule has 3 N–H and O–H groups in total. The highest BCUT2D eigenvalue weighted by Crippen LogP contribution is 2.42. The Morgan fingerprint density at radius 2 is 1.97 bits per heavy atom. The normalized spacial score (nSPS) is 27.0. The average Bonchev–Trinajstić information content (AvgIpc) is 3.37. The first kappa shape index (κ1) is 20.4.